The summed E-state index contributed by atoms with van der Waals surface area (Å²) in [6.07, 6.45) is 4.61. The first-order valence-corrected chi connectivity index (χ1v) is 5.84. The molecule has 1 amide bonds. The lowest BCUT2D eigenvalue weighted by molar-refractivity contribution is 0.0170. The zero-order valence-corrected chi connectivity index (χ0v) is 10.2. The summed E-state index contributed by atoms with van der Waals surface area (Å²) >= 11 is 0. The fraction of sp³-hybridized carbons (Fsp3) is 0.750. The quantitative estimate of drug-likeness (QED) is 0.584. The van der Waals surface area contributed by atoms with Gasteiger partial charge in [-0.15, -0.1) is 5.47 Å². The van der Waals surface area contributed by atoms with Crippen molar-refractivity contribution in [1.29, 1.82) is 0 Å². The zero-order chi connectivity index (χ0) is 11.9. The van der Waals surface area contributed by atoms with Crippen molar-refractivity contribution in [2.75, 3.05) is 0 Å². The molecule has 3 nitrogen and oxygen atoms in total. The molecule has 2 unspecified atom stereocenters. The molecule has 0 spiro atoms. The van der Waals surface area contributed by atoms with Gasteiger partial charge in [-0.2, -0.15) is 0 Å². The Labute approximate surface area is 98.2 Å². The van der Waals surface area contributed by atoms with Crippen LogP contribution in [0, 0.1) is 0 Å². The molecular weight excluding hydrogens is 201 g/mol. The second-order valence-electron chi connectivity index (χ2n) is 5.63. The largest absolute Gasteiger partial charge is 0.444 e. The molecule has 2 rings (SSSR count). The first-order chi connectivity index (χ1) is 7.37. The van der Waals surface area contributed by atoms with Crippen LogP contribution in [0.1, 0.15) is 40.0 Å². The predicted octanol–water partition coefficient (Wildman–Crippen LogP) is 2.21. The minimum Gasteiger partial charge on any atom is -0.444 e. The Bertz CT molecular complexity index is 332. The van der Waals surface area contributed by atoms with E-state index in [1.165, 1.54) is 0 Å². The standard InChI is InChI=1S/C12H18BNO2/c1-12(2,3)16-11(15)14-9-4-5-10(14)7-8(13)6-9/h6,9-10H,4-5,7H2,1-3H3. The predicted molar refractivity (Wildman–Crippen MR) is 63.3 cm³/mol. The number of hydrogen-bond donors (Lipinski definition) is 0. The molecule has 2 aliphatic heterocycles. The molecule has 4 heteroatoms. The lowest BCUT2D eigenvalue weighted by Crippen LogP contribution is -2.45. The number of nitrogens with zero attached hydrogens (tertiary/aromatic N) is 1. The number of carbonyl (C=O) groups excluding carboxylic acids is 1. The molecule has 2 bridgehead atoms. The van der Waals surface area contributed by atoms with Crippen molar-refractivity contribution in [3.63, 3.8) is 0 Å². The van der Waals surface area contributed by atoms with Gasteiger partial charge >= 0.3 is 6.09 Å². The van der Waals surface area contributed by atoms with Gasteiger partial charge in [0.15, 0.2) is 0 Å². The lowest BCUT2D eigenvalue weighted by atomic mass is 9.86. The van der Waals surface area contributed by atoms with Crippen LogP contribution in [0.3, 0.4) is 0 Å². The van der Waals surface area contributed by atoms with Gasteiger partial charge in [-0.05, 0) is 40.0 Å². The molecule has 0 N–H and O–H groups in total. The highest BCUT2D eigenvalue weighted by Gasteiger charge is 2.40. The highest BCUT2D eigenvalue weighted by molar-refractivity contribution is 6.21. The molecule has 1 fully saturated rings. The van der Waals surface area contributed by atoms with Crippen molar-refractivity contribution in [2.45, 2.75) is 57.7 Å². The van der Waals surface area contributed by atoms with Crippen LogP contribution < -0.4 is 0 Å². The number of amides is 1. The zero-order valence-electron chi connectivity index (χ0n) is 10.2. The Hall–Kier alpha value is -0.925. The summed E-state index contributed by atoms with van der Waals surface area (Å²) in [5, 5.41) is 0. The molecule has 2 radical (unpaired) electrons. The average molecular weight is 219 g/mol. The first-order valence-electron chi connectivity index (χ1n) is 5.84. The van der Waals surface area contributed by atoms with Crippen LogP contribution in [-0.2, 0) is 4.74 Å². The third kappa shape index (κ3) is 2.26. The Morgan fingerprint density at radius 2 is 2.19 bits per heavy atom. The van der Waals surface area contributed by atoms with Gasteiger partial charge in [-0.25, -0.2) is 4.79 Å². The molecule has 0 aromatic carbocycles. The topological polar surface area (TPSA) is 29.5 Å². The van der Waals surface area contributed by atoms with Crippen LogP contribution in [0.4, 0.5) is 4.79 Å². The van der Waals surface area contributed by atoms with E-state index in [1.807, 2.05) is 31.7 Å². The maximum Gasteiger partial charge on any atom is 0.411 e. The number of fused-ring (bicyclic) bond motifs is 2. The summed E-state index contributed by atoms with van der Waals surface area (Å²) in [5.41, 5.74) is 0.482. The molecule has 1 saturated heterocycles. The number of hydrogen-bond acceptors (Lipinski definition) is 2. The molecule has 2 atom stereocenters. The molecule has 0 aromatic rings. The molecule has 16 heavy (non-hydrogen) atoms. The van der Waals surface area contributed by atoms with E-state index in [2.05, 4.69) is 0 Å². The van der Waals surface area contributed by atoms with E-state index >= 15 is 0 Å². The molecule has 86 valence electrons. The number of ether oxygens (including phenoxy) is 1. The second kappa shape index (κ2) is 3.83. The van der Waals surface area contributed by atoms with Crippen LogP contribution in [-0.4, -0.2) is 36.5 Å². The van der Waals surface area contributed by atoms with Crippen LogP contribution in [0.25, 0.3) is 0 Å². The van der Waals surface area contributed by atoms with E-state index in [4.69, 9.17) is 12.6 Å². The van der Waals surface area contributed by atoms with Gasteiger partial charge in [0, 0.05) is 6.04 Å². The first kappa shape index (κ1) is 11.6. The summed E-state index contributed by atoms with van der Waals surface area (Å²) in [4.78, 5) is 13.9. The van der Waals surface area contributed by atoms with Crippen molar-refractivity contribution in [1.82, 2.24) is 4.90 Å². The van der Waals surface area contributed by atoms with Gasteiger partial charge in [0.2, 0.25) is 0 Å². The fourth-order valence-corrected chi connectivity index (χ4v) is 2.46. The van der Waals surface area contributed by atoms with Crippen LogP contribution >= 0.6 is 0 Å². The van der Waals surface area contributed by atoms with E-state index in [-0.39, 0.29) is 18.2 Å². The summed E-state index contributed by atoms with van der Waals surface area (Å²) in [6.45, 7) is 5.67. The van der Waals surface area contributed by atoms with Crippen molar-refractivity contribution in [3.05, 3.63) is 11.5 Å². The SMILES string of the molecule is [B]C1=CC2CCC(C1)N2C(=O)OC(C)(C)C. The van der Waals surface area contributed by atoms with Gasteiger partial charge in [-0.3, -0.25) is 4.90 Å². The van der Waals surface area contributed by atoms with Crippen LogP contribution in [0.15, 0.2) is 11.5 Å². The maximum atomic E-state index is 12.0. The van der Waals surface area contributed by atoms with Crippen LogP contribution in [0.5, 0.6) is 0 Å². The summed E-state index contributed by atoms with van der Waals surface area (Å²) in [5.74, 6) is 0. The minimum absolute atomic E-state index is 0.147. The molecule has 0 aliphatic carbocycles. The second-order valence-corrected chi connectivity index (χ2v) is 5.63. The number of carbonyl (C=O) groups is 1. The van der Waals surface area contributed by atoms with Crippen molar-refractivity contribution < 1.29 is 9.53 Å². The summed E-state index contributed by atoms with van der Waals surface area (Å²) < 4.78 is 5.41. The fourth-order valence-electron chi connectivity index (χ4n) is 2.46. The molecule has 0 saturated carbocycles. The maximum absolute atomic E-state index is 12.0. The normalized spacial score (nSPS) is 28.9. The van der Waals surface area contributed by atoms with Gasteiger partial charge in [-0.1, -0.05) is 6.08 Å². The van der Waals surface area contributed by atoms with Gasteiger partial charge in [0.1, 0.15) is 13.4 Å². The highest BCUT2D eigenvalue weighted by atomic mass is 16.6. The summed E-state index contributed by atoms with van der Waals surface area (Å²) in [6, 6.07) is 0.387. The third-order valence-electron chi connectivity index (χ3n) is 3.03. The Morgan fingerprint density at radius 1 is 1.50 bits per heavy atom. The Morgan fingerprint density at radius 3 is 2.75 bits per heavy atom. The average Bonchev–Trinajstić information content (AvgIpc) is 2.36. The van der Waals surface area contributed by atoms with E-state index < -0.39 is 5.60 Å². The monoisotopic (exact) mass is 219 g/mol. The minimum atomic E-state index is -0.427. The van der Waals surface area contributed by atoms with E-state index in [9.17, 15) is 4.79 Å². The number of rotatable bonds is 0. The smallest absolute Gasteiger partial charge is 0.411 e. The Kier molecular flexibility index (Phi) is 2.76. The van der Waals surface area contributed by atoms with Crippen molar-refractivity contribution >= 4 is 13.9 Å². The molecule has 2 aliphatic rings. The summed E-state index contributed by atoms with van der Waals surface area (Å²) in [7, 11) is 5.83. The van der Waals surface area contributed by atoms with Crippen molar-refractivity contribution in [2.24, 2.45) is 0 Å². The highest BCUT2D eigenvalue weighted by Crippen LogP contribution is 2.34. The Balaban J connectivity index is 2.09. The van der Waals surface area contributed by atoms with Crippen molar-refractivity contribution in [3.8, 4) is 0 Å². The molecule has 0 aromatic heterocycles. The molecule has 2 heterocycles. The van der Waals surface area contributed by atoms with Gasteiger partial charge < -0.3 is 4.74 Å². The van der Waals surface area contributed by atoms with Gasteiger partial charge in [0.05, 0.1) is 6.04 Å². The molecular formula is C12H18BNO2. The van der Waals surface area contributed by atoms with E-state index in [0.29, 0.717) is 0 Å². The third-order valence-corrected chi connectivity index (χ3v) is 3.03. The van der Waals surface area contributed by atoms with E-state index in [0.717, 1.165) is 24.7 Å². The van der Waals surface area contributed by atoms with Gasteiger partial charge in [0.25, 0.3) is 0 Å². The van der Waals surface area contributed by atoms with E-state index in [1.54, 1.807) is 0 Å². The van der Waals surface area contributed by atoms with Crippen LogP contribution in [0.2, 0.25) is 0 Å². The lowest BCUT2D eigenvalue weighted by Gasteiger charge is -2.35.